The van der Waals surface area contributed by atoms with Crippen molar-refractivity contribution in [2.45, 2.75) is 58.4 Å². The molecule has 3 rings (SSSR count). The highest BCUT2D eigenvalue weighted by atomic mass is 16.2. The Hall–Kier alpha value is -2.63. The Bertz CT molecular complexity index is 798. The lowest BCUT2D eigenvalue weighted by Crippen LogP contribution is -2.29. The van der Waals surface area contributed by atoms with E-state index in [0.29, 0.717) is 24.6 Å². The maximum atomic E-state index is 12.7. The van der Waals surface area contributed by atoms with E-state index >= 15 is 0 Å². The number of carbonyl (C=O) groups excluding carboxylic acids is 2. The smallest absolute Gasteiger partial charge is 0.287 e. The fraction of sp³-hybridized carbons (Fsp3) is 0.500. The summed E-state index contributed by atoms with van der Waals surface area (Å²) in [7, 11) is 0. The summed E-state index contributed by atoms with van der Waals surface area (Å²) in [6.45, 7) is 4.07. The molecule has 0 spiro atoms. The van der Waals surface area contributed by atoms with Crippen molar-refractivity contribution in [3.63, 3.8) is 0 Å². The average Bonchev–Trinajstić information content (AvgIpc) is 3.12. The van der Waals surface area contributed by atoms with E-state index in [1.54, 1.807) is 0 Å². The zero-order valence-electron chi connectivity index (χ0n) is 16.7. The molecule has 150 valence electrons. The molecule has 2 heterocycles. The van der Waals surface area contributed by atoms with Gasteiger partial charge in [-0.15, -0.1) is 0 Å². The number of imidazole rings is 1. The number of benzene rings is 1. The highest BCUT2D eigenvalue weighted by Gasteiger charge is 2.27. The van der Waals surface area contributed by atoms with Gasteiger partial charge in [-0.05, 0) is 37.7 Å². The van der Waals surface area contributed by atoms with Crippen LogP contribution in [0.5, 0.6) is 0 Å². The number of hydrogen-bond donors (Lipinski definition) is 2. The third kappa shape index (κ3) is 5.00. The SMILES string of the molecule is CCCCCNC(=O)c1nc(C(=O)NCCc2ccccc2)n2c1CCCC2. The number of fused-ring (bicyclic) bond motifs is 1. The first kappa shape index (κ1) is 20.1. The van der Waals surface area contributed by atoms with Crippen LogP contribution in [-0.2, 0) is 19.4 Å². The second-order valence-electron chi connectivity index (χ2n) is 7.29. The molecule has 2 amide bonds. The maximum absolute atomic E-state index is 12.7. The van der Waals surface area contributed by atoms with Gasteiger partial charge in [0.05, 0.1) is 5.69 Å². The first-order chi connectivity index (χ1) is 13.7. The van der Waals surface area contributed by atoms with E-state index in [4.69, 9.17) is 0 Å². The summed E-state index contributed by atoms with van der Waals surface area (Å²) in [5.41, 5.74) is 2.50. The first-order valence-corrected chi connectivity index (χ1v) is 10.4. The minimum absolute atomic E-state index is 0.162. The number of nitrogens with zero attached hydrogens (tertiary/aromatic N) is 2. The molecule has 0 radical (unpaired) electrons. The standard InChI is InChI=1S/C22H30N4O2/c1-2-3-8-14-23-21(27)19-18-12-7-9-16-26(18)20(25-19)22(28)24-15-13-17-10-5-4-6-11-17/h4-6,10-11H,2-3,7-9,12-16H2,1H3,(H,23,27)(H,24,28). The fourth-order valence-electron chi connectivity index (χ4n) is 3.60. The summed E-state index contributed by atoms with van der Waals surface area (Å²) in [6, 6.07) is 10.1. The molecule has 2 aromatic rings. The minimum Gasteiger partial charge on any atom is -0.351 e. The van der Waals surface area contributed by atoms with Crippen molar-refractivity contribution < 1.29 is 9.59 Å². The quantitative estimate of drug-likeness (QED) is 0.654. The molecule has 0 fully saturated rings. The largest absolute Gasteiger partial charge is 0.351 e. The van der Waals surface area contributed by atoms with E-state index in [1.165, 1.54) is 5.56 Å². The van der Waals surface area contributed by atoms with Crippen LogP contribution in [0.1, 0.15) is 71.4 Å². The molecule has 0 saturated heterocycles. The Morgan fingerprint density at radius 1 is 1.04 bits per heavy atom. The lowest BCUT2D eigenvalue weighted by molar-refractivity contribution is 0.0938. The topological polar surface area (TPSA) is 76.0 Å². The number of nitrogens with one attached hydrogen (secondary N) is 2. The molecule has 1 aromatic heterocycles. The lowest BCUT2D eigenvalue weighted by Gasteiger charge is -2.17. The summed E-state index contributed by atoms with van der Waals surface area (Å²) in [4.78, 5) is 29.8. The molecule has 1 aliphatic rings. The number of unbranched alkanes of at least 4 members (excludes halogenated alkanes) is 2. The van der Waals surface area contributed by atoms with Crippen LogP contribution in [0.3, 0.4) is 0 Å². The summed E-state index contributed by atoms with van der Waals surface area (Å²) in [5, 5.41) is 5.91. The number of rotatable bonds is 9. The zero-order chi connectivity index (χ0) is 19.8. The van der Waals surface area contributed by atoms with Crippen molar-refractivity contribution in [3.05, 3.63) is 53.1 Å². The Morgan fingerprint density at radius 2 is 1.82 bits per heavy atom. The van der Waals surface area contributed by atoms with Crippen molar-refractivity contribution in [3.8, 4) is 0 Å². The van der Waals surface area contributed by atoms with Crippen molar-refractivity contribution in [1.29, 1.82) is 0 Å². The highest BCUT2D eigenvalue weighted by Crippen LogP contribution is 2.21. The number of carbonyl (C=O) groups is 2. The third-order valence-electron chi connectivity index (χ3n) is 5.14. The first-order valence-electron chi connectivity index (χ1n) is 10.4. The highest BCUT2D eigenvalue weighted by molar-refractivity contribution is 5.97. The molecule has 6 nitrogen and oxygen atoms in total. The molecule has 1 aromatic carbocycles. The molecule has 0 saturated carbocycles. The van der Waals surface area contributed by atoms with Crippen molar-refractivity contribution >= 4 is 11.8 Å². The van der Waals surface area contributed by atoms with Crippen LogP contribution in [0.25, 0.3) is 0 Å². The van der Waals surface area contributed by atoms with Crippen LogP contribution in [-0.4, -0.2) is 34.5 Å². The van der Waals surface area contributed by atoms with Crippen molar-refractivity contribution in [2.24, 2.45) is 0 Å². The average molecular weight is 383 g/mol. The molecule has 1 aliphatic heterocycles. The van der Waals surface area contributed by atoms with Crippen molar-refractivity contribution in [2.75, 3.05) is 13.1 Å². The monoisotopic (exact) mass is 382 g/mol. The van der Waals surface area contributed by atoms with Gasteiger partial charge < -0.3 is 15.2 Å². The minimum atomic E-state index is -0.205. The van der Waals surface area contributed by atoms with Crippen molar-refractivity contribution in [1.82, 2.24) is 20.2 Å². The predicted molar refractivity (Wildman–Crippen MR) is 110 cm³/mol. The van der Waals surface area contributed by atoms with Gasteiger partial charge in [-0.1, -0.05) is 50.1 Å². The Kier molecular flexibility index (Phi) is 7.23. The second kappa shape index (κ2) is 10.1. The molecule has 6 heteroatoms. The van der Waals surface area contributed by atoms with E-state index in [2.05, 4.69) is 22.5 Å². The van der Waals surface area contributed by atoms with Crippen LogP contribution >= 0.6 is 0 Å². The molecule has 0 bridgehead atoms. The van der Waals surface area contributed by atoms with E-state index < -0.39 is 0 Å². The van der Waals surface area contributed by atoms with Gasteiger partial charge in [-0.2, -0.15) is 0 Å². The number of aromatic nitrogens is 2. The molecule has 2 N–H and O–H groups in total. The van der Waals surface area contributed by atoms with Crippen LogP contribution in [0.15, 0.2) is 30.3 Å². The predicted octanol–water partition coefficient (Wildman–Crippen LogP) is 3.11. The summed E-state index contributed by atoms with van der Waals surface area (Å²) in [6.07, 6.45) is 6.76. The van der Waals surface area contributed by atoms with Crippen LogP contribution in [0.2, 0.25) is 0 Å². The summed E-state index contributed by atoms with van der Waals surface area (Å²) in [5.74, 6) is -0.00401. The molecular formula is C22H30N4O2. The fourth-order valence-corrected chi connectivity index (χ4v) is 3.60. The Balaban J connectivity index is 1.65. The van der Waals surface area contributed by atoms with Crippen LogP contribution < -0.4 is 10.6 Å². The van der Waals surface area contributed by atoms with Crippen LogP contribution in [0.4, 0.5) is 0 Å². The van der Waals surface area contributed by atoms with E-state index in [-0.39, 0.29) is 11.8 Å². The summed E-state index contributed by atoms with van der Waals surface area (Å²) < 4.78 is 1.93. The van der Waals surface area contributed by atoms with Gasteiger partial charge in [-0.25, -0.2) is 4.98 Å². The molecular weight excluding hydrogens is 352 g/mol. The molecule has 28 heavy (non-hydrogen) atoms. The normalized spacial score (nSPS) is 13.0. The van der Waals surface area contributed by atoms with Crippen LogP contribution in [0, 0.1) is 0 Å². The van der Waals surface area contributed by atoms with Gasteiger partial charge in [0.15, 0.2) is 5.82 Å². The number of amides is 2. The second-order valence-corrected chi connectivity index (χ2v) is 7.29. The Morgan fingerprint density at radius 3 is 2.61 bits per heavy atom. The van der Waals surface area contributed by atoms with E-state index in [1.807, 2.05) is 34.9 Å². The van der Waals surface area contributed by atoms with Gasteiger partial charge >= 0.3 is 0 Å². The summed E-state index contributed by atoms with van der Waals surface area (Å²) >= 11 is 0. The van der Waals surface area contributed by atoms with Gasteiger partial charge in [0.1, 0.15) is 5.69 Å². The lowest BCUT2D eigenvalue weighted by atomic mass is 10.1. The van der Waals surface area contributed by atoms with E-state index in [0.717, 1.165) is 57.2 Å². The number of hydrogen-bond acceptors (Lipinski definition) is 3. The maximum Gasteiger partial charge on any atom is 0.287 e. The van der Waals surface area contributed by atoms with Gasteiger partial charge in [-0.3, -0.25) is 9.59 Å². The van der Waals surface area contributed by atoms with Gasteiger partial charge in [0.2, 0.25) is 0 Å². The van der Waals surface area contributed by atoms with E-state index in [9.17, 15) is 9.59 Å². The zero-order valence-corrected chi connectivity index (χ0v) is 16.7. The van der Waals surface area contributed by atoms with Gasteiger partial charge in [0.25, 0.3) is 11.8 Å². The molecule has 0 aliphatic carbocycles. The molecule has 0 atom stereocenters. The third-order valence-corrected chi connectivity index (χ3v) is 5.14. The molecule has 0 unspecified atom stereocenters. The van der Waals surface area contributed by atoms with Gasteiger partial charge in [0, 0.05) is 19.6 Å². The Labute approximate surface area is 166 Å².